The van der Waals surface area contributed by atoms with E-state index >= 15 is 0 Å². The Kier molecular flexibility index (Phi) is 12.8. The molecule has 1 aliphatic rings. The number of halogens is 3. The number of ether oxygens (including phenoxy) is 4. The second-order valence-corrected chi connectivity index (χ2v) is 6.94. The van der Waals surface area contributed by atoms with Crippen LogP contribution in [0.2, 0.25) is 0 Å². The fourth-order valence-electron chi connectivity index (χ4n) is 2.89. The number of alkyl halides is 2. The Morgan fingerprint density at radius 2 is 1.90 bits per heavy atom. The van der Waals surface area contributed by atoms with Gasteiger partial charge in [-0.3, -0.25) is 0 Å². The van der Waals surface area contributed by atoms with Crippen LogP contribution in [0, 0.1) is 0 Å². The number of benzene rings is 1. The van der Waals surface area contributed by atoms with Crippen molar-refractivity contribution in [2.24, 2.45) is 4.99 Å². The summed E-state index contributed by atoms with van der Waals surface area (Å²) in [7, 11) is 4.04. The fraction of sp³-hybridized carbons (Fsp3) is 0.650. The van der Waals surface area contributed by atoms with E-state index in [-0.39, 0.29) is 49.2 Å². The van der Waals surface area contributed by atoms with Gasteiger partial charge in [-0.25, -0.2) is 4.99 Å². The molecule has 1 heterocycles. The van der Waals surface area contributed by atoms with Crippen molar-refractivity contribution in [1.82, 2.24) is 15.5 Å². The normalized spacial score (nSPS) is 13.9. The third-order valence-electron chi connectivity index (χ3n) is 4.32. The van der Waals surface area contributed by atoms with Crippen LogP contribution in [0.15, 0.2) is 17.1 Å². The van der Waals surface area contributed by atoms with Crippen molar-refractivity contribution in [3.05, 3.63) is 17.7 Å². The molecule has 11 heteroatoms. The molecule has 1 aromatic carbocycles. The molecule has 0 saturated carbocycles. The third kappa shape index (κ3) is 9.60. The van der Waals surface area contributed by atoms with Gasteiger partial charge in [-0.1, -0.05) is 0 Å². The number of guanidine groups is 1. The summed E-state index contributed by atoms with van der Waals surface area (Å²) >= 11 is 0. The number of aliphatic imine (C=N–C) groups is 1. The monoisotopic (exact) mass is 558 g/mol. The predicted octanol–water partition coefficient (Wildman–Crippen LogP) is 3.05. The number of nitrogens with zero attached hydrogens (tertiary/aromatic N) is 2. The lowest BCUT2D eigenvalue weighted by Crippen LogP contribution is -2.42. The molecule has 178 valence electrons. The highest BCUT2D eigenvalue weighted by Gasteiger charge is 2.20. The molecule has 31 heavy (non-hydrogen) atoms. The maximum atomic E-state index is 12.8. The highest BCUT2D eigenvalue weighted by Crippen LogP contribution is 2.39. The molecule has 0 aliphatic carbocycles. The number of nitrogens with one attached hydrogen (secondary N) is 2. The summed E-state index contributed by atoms with van der Waals surface area (Å²) in [6, 6.07) is 3.03. The minimum Gasteiger partial charge on any atom is -0.454 e. The molecule has 1 aliphatic heterocycles. The second kappa shape index (κ2) is 14.5. The first-order valence-electron chi connectivity index (χ1n) is 10.1. The lowest BCUT2D eigenvalue weighted by molar-refractivity contribution is -0.0505. The average molecular weight is 558 g/mol. The van der Waals surface area contributed by atoms with Gasteiger partial charge in [-0.05, 0) is 40.4 Å². The van der Waals surface area contributed by atoms with Crippen molar-refractivity contribution in [1.29, 1.82) is 0 Å². The van der Waals surface area contributed by atoms with Crippen LogP contribution in [0.5, 0.6) is 17.2 Å². The zero-order valence-electron chi connectivity index (χ0n) is 18.5. The number of rotatable bonds is 12. The van der Waals surface area contributed by atoms with Crippen molar-refractivity contribution in [2.75, 3.05) is 47.1 Å². The predicted molar refractivity (Wildman–Crippen MR) is 126 cm³/mol. The maximum Gasteiger partial charge on any atom is 0.387 e. The van der Waals surface area contributed by atoms with Crippen LogP contribution in [-0.4, -0.2) is 70.7 Å². The van der Waals surface area contributed by atoms with E-state index in [1.807, 2.05) is 27.9 Å². The minimum absolute atomic E-state index is 0. The van der Waals surface area contributed by atoms with Crippen LogP contribution < -0.4 is 24.8 Å². The van der Waals surface area contributed by atoms with Crippen LogP contribution in [-0.2, 0) is 11.3 Å². The molecule has 1 atom stereocenters. The molecule has 0 amide bonds. The van der Waals surface area contributed by atoms with E-state index in [1.54, 1.807) is 6.07 Å². The molecule has 2 rings (SSSR count). The van der Waals surface area contributed by atoms with E-state index in [4.69, 9.17) is 14.2 Å². The first-order chi connectivity index (χ1) is 14.4. The maximum absolute atomic E-state index is 12.8. The van der Waals surface area contributed by atoms with Crippen molar-refractivity contribution in [2.45, 2.75) is 39.5 Å². The molecule has 0 spiro atoms. The van der Waals surface area contributed by atoms with E-state index in [2.05, 4.69) is 25.3 Å². The number of fused-ring (bicyclic) bond motifs is 1. The van der Waals surface area contributed by atoms with Crippen LogP contribution in [0.4, 0.5) is 8.78 Å². The summed E-state index contributed by atoms with van der Waals surface area (Å²) in [5, 5.41) is 6.42. The van der Waals surface area contributed by atoms with Gasteiger partial charge in [0.25, 0.3) is 0 Å². The van der Waals surface area contributed by atoms with Gasteiger partial charge in [0.2, 0.25) is 6.79 Å². The fourth-order valence-corrected chi connectivity index (χ4v) is 2.89. The third-order valence-corrected chi connectivity index (χ3v) is 4.32. The van der Waals surface area contributed by atoms with Crippen molar-refractivity contribution in [3.63, 3.8) is 0 Å². The Hall–Kier alpha value is -1.60. The molecule has 1 unspecified atom stereocenters. The molecule has 1 aromatic rings. The van der Waals surface area contributed by atoms with E-state index in [0.29, 0.717) is 42.7 Å². The molecule has 0 radical (unpaired) electrons. The van der Waals surface area contributed by atoms with E-state index in [1.165, 1.54) is 6.07 Å². The van der Waals surface area contributed by atoms with Gasteiger partial charge in [0, 0.05) is 37.9 Å². The van der Waals surface area contributed by atoms with Crippen LogP contribution in [0.3, 0.4) is 0 Å². The van der Waals surface area contributed by atoms with Crippen molar-refractivity contribution >= 4 is 29.9 Å². The SMILES string of the molecule is CCNC(=NCc1cc2c(cc1OC(F)F)OCO2)NCC(CCN(C)C)OCC.I. The lowest BCUT2D eigenvalue weighted by Gasteiger charge is -2.21. The molecule has 8 nitrogen and oxygen atoms in total. The van der Waals surface area contributed by atoms with E-state index in [0.717, 1.165) is 13.0 Å². The van der Waals surface area contributed by atoms with Crippen LogP contribution >= 0.6 is 24.0 Å². The van der Waals surface area contributed by atoms with E-state index < -0.39 is 6.61 Å². The van der Waals surface area contributed by atoms with E-state index in [9.17, 15) is 8.78 Å². The highest BCUT2D eigenvalue weighted by molar-refractivity contribution is 14.0. The van der Waals surface area contributed by atoms with Gasteiger partial charge in [-0.15, -0.1) is 24.0 Å². The Morgan fingerprint density at radius 1 is 1.19 bits per heavy atom. The topological polar surface area (TPSA) is 76.6 Å². The lowest BCUT2D eigenvalue weighted by atomic mass is 10.1. The van der Waals surface area contributed by atoms with Gasteiger partial charge in [0.1, 0.15) is 5.75 Å². The Bertz CT molecular complexity index is 695. The van der Waals surface area contributed by atoms with Crippen molar-refractivity contribution in [3.8, 4) is 17.2 Å². The second-order valence-electron chi connectivity index (χ2n) is 6.94. The Labute approximate surface area is 199 Å². The highest BCUT2D eigenvalue weighted by atomic mass is 127. The van der Waals surface area contributed by atoms with Crippen LogP contribution in [0.25, 0.3) is 0 Å². The van der Waals surface area contributed by atoms with Gasteiger partial charge >= 0.3 is 6.61 Å². The first-order valence-corrected chi connectivity index (χ1v) is 10.1. The molecular formula is C20H33F2IN4O4. The zero-order valence-corrected chi connectivity index (χ0v) is 20.8. The standard InChI is InChI=1S/C20H32F2N4O4.HI/c1-5-23-20(25-12-15(27-6-2)7-8-26(3)4)24-11-14-9-17-18(29-13-28-17)10-16(14)30-19(21)22;/h9-10,15,19H,5-8,11-13H2,1-4H3,(H2,23,24,25);1H. The summed E-state index contributed by atoms with van der Waals surface area (Å²) in [4.78, 5) is 6.62. The molecule has 2 N–H and O–H groups in total. The van der Waals surface area contributed by atoms with Gasteiger partial charge < -0.3 is 34.5 Å². The van der Waals surface area contributed by atoms with Crippen molar-refractivity contribution < 1.29 is 27.7 Å². The minimum atomic E-state index is -2.94. The number of hydrogen-bond acceptors (Lipinski definition) is 6. The van der Waals surface area contributed by atoms with Crippen LogP contribution in [0.1, 0.15) is 25.8 Å². The van der Waals surface area contributed by atoms with Gasteiger partial charge in [0.15, 0.2) is 17.5 Å². The molecule has 0 bridgehead atoms. The number of hydrogen-bond donors (Lipinski definition) is 2. The first kappa shape index (κ1) is 27.4. The molecule has 0 fully saturated rings. The summed E-state index contributed by atoms with van der Waals surface area (Å²) in [6.07, 6.45) is 0.909. The molecule has 0 aromatic heterocycles. The zero-order chi connectivity index (χ0) is 21.9. The summed E-state index contributed by atoms with van der Waals surface area (Å²) < 4.78 is 46.6. The summed E-state index contributed by atoms with van der Waals surface area (Å²) in [5.41, 5.74) is 0.478. The summed E-state index contributed by atoms with van der Waals surface area (Å²) in [5.74, 6) is 1.45. The molecule has 0 saturated heterocycles. The smallest absolute Gasteiger partial charge is 0.387 e. The summed E-state index contributed by atoms with van der Waals surface area (Å²) in [6.45, 7) is 3.92. The van der Waals surface area contributed by atoms with Gasteiger partial charge in [0.05, 0.1) is 12.6 Å². The van der Waals surface area contributed by atoms with Gasteiger partial charge in [-0.2, -0.15) is 8.78 Å². The Morgan fingerprint density at radius 3 is 2.52 bits per heavy atom. The Balaban J connectivity index is 0.00000480. The average Bonchev–Trinajstić information content (AvgIpc) is 3.14. The molecular weight excluding hydrogens is 525 g/mol. The largest absolute Gasteiger partial charge is 0.454 e. The quantitative estimate of drug-likeness (QED) is 0.232.